The molecule has 1 aromatic carbocycles. The van der Waals surface area contributed by atoms with Gasteiger partial charge >= 0.3 is 0 Å². The third-order valence-electron chi connectivity index (χ3n) is 5.24. The molecule has 5 heteroatoms. The van der Waals surface area contributed by atoms with Crippen molar-refractivity contribution in [2.45, 2.75) is 59.0 Å². The number of hydrogen-bond acceptors (Lipinski definition) is 5. The van der Waals surface area contributed by atoms with E-state index in [4.69, 9.17) is 9.72 Å². The smallest absolute Gasteiger partial charge is 0.125 e. The number of aromatic nitrogens is 1. The third kappa shape index (κ3) is 5.79. The number of ether oxygens (including phenoxy) is 1. The van der Waals surface area contributed by atoms with E-state index in [-0.39, 0.29) is 5.41 Å². The van der Waals surface area contributed by atoms with Crippen LogP contribution in [0.25, 0.3) is 0 Å². The van der Waals surface area contributed by atoms with Crippen molar-refractivity contribution in [2.75, 3.05) is 26.2 Å². The molecule has 0 aliphatic carbocycles. The van der Waals surface area contributed by atoms with Gasteiger partial charge in [-0.05, 0) is 50.3 Å². The SMILES string of the molecule is Cc1nc(C2(O)CCCN(CC(C)(C)C)CC2)sc1CCOc1ccccc1. The van der Waals surface area contributed by atoms with Gasteiger partial charge in [-0.3, -0.25) is 0 Å². The van der Waals surface area contributed by atoms with Crippen molar-refractivity contribution in [3.8, 4) is 5.75 Å². The van der Waals surface area contributed by atoms with Crippen LogP contribution in [-0.2, 0) is 12.0 Å². The summed E-state index contributed by atoms with van der Waals surface area (Å²) in [7, 11) is 0. The van der Waals surface area contributed by atoms with Crippen molar-refractivity contribution in [2.24, 2.45) is 5.41 Å². The van der Waals surface area contributed by atoms with Gasteiger partial charge in [0.15, 0.2) is 0 Å². The summed E-state index contributed by atoms with van der Waals surface area (Å²) in [6.07, 6.45) is 3.39. The first kappa shape index (κ1) is 21.3. The number of thiazole rings is 1. The second-order valence-corrected chi connectivity index (χ2v) is 10.2. The zero-order valence-corrected chi connectivity index (χ0v) is 18.5. The molecular formula is C23H34N2O2S. The molecule has 1 aromatic heterocycles. The van der Waals surface area contributed by atoms with E-state index in [0.717, 1.165) is 61.8 Å². The minimum atomic E-state index is -0.791. The number of likely N-dealkylation sites (tertiary alicyclic amines) is 1. The Labute approximate surface area is 173 Å². The van der Waals surface area contributed by atoms with E-state index in [1.165, 1.54) is 4.88 Å². The first-order chi connectivity index (χ1) is 13.3. The molecule has 2 heterocycles. The second-order valence-electron chi connectivity index (χ2n) is 9.16. The molecule has 0 radical (unpaired) electrons. The molecule has 4 nitrogen and oxygen atoms in total. The summed E-state index contributed by atoms with van der Waals surface area (Å²) in [6, 6.07) is 9.90. The van der Waals surface area contributed by atoms with Gasteiger partial charge in [0.25, 0.3) is 0 Å². The minimum Gasteiger partial charge on any atom is -0.493 e. The van der Waals surface area contributed by atoms with Gasteiger partial charge in [-0.1, -0.05) is 39.0 Å². The normalized spacial score (nSPS) is 21.5. The topological polar surface area (TPSA) is 45.6 Å². The number of aliphatic hydroxyl groups is 1. The molecule has 1 N–H and O–H groups in total. The Morgan fingerprint density at radius 2 is 1.93 bits per heavy atom. The molecule has 28 heavy (non-hydrogen) atoms. The Kier molecular flexibility index (Phi) is 6.79. The van der Waals surface area contributed by atoms with Crippen molar-refractivity contribution in [3.05, 3.63) is 45.9 Å². The summed E-state index contributed by atoms with van der Waals surface area (Å²) in [5, 5.41) is 12.3. The van der Waals surface area contributed by atoms with Crippen LogP contribution in [0.3, 0.4) is 0 Å². The Morgan fingerprint density at radius 3 is 2.64 bits per heavy atom. The van der Waals surface area contributed by atoms with Crippen LogP contribution in [0.4, 0.5) is 0 Å². The maximum absolute atomic E-state index is 11.4. The summed E-state index contributed by atoms with van der Waals surface area (Å²) in [5.41, 5.74) is 0.521. The van der Waals surface area contributed by atoms with Crippen molar-refractivity contribution in [1.29, 1.82) is 0 Å². The maximum Gasteiger partial charge on any atom is 0.125 e. The average molecular weight is 403 g/mol. The quantitative estimate of drug-likeness (QED) is 0.754. The largest absolute Gasteiger partial charge is 0.493 e. The number of benzene rings is 1. The summed E-state index contributed by atoms with van der Waals surface area (Å²) >= 11 is 1.66. The van der Waals surface area contributed by atoms with Crippen LogP contribution in [0.1, 0.15) is 55.6 Å². The van der Waals surface area contributed by atoms with Crippen LogP contribution in [-0.4, -0.2) is 41.2 Å². The molecule has 1 fully saturated rings. The molecule has 1 unspecified atom stereocenters. The van der Waals surface area contributed by atoms with Crippen molar-refractivity contribution < 1.29 is 9.84 Å². The Bertz CT molecular complexity index is 754. The highest BCUT2D eigenvalue weighted by molar-refractivity contribution is 7.11. The maximum atomic E-state index is 11.4. The molecule has 1 saturated heterocycles. The number of hydrogen-bond donors (Lipinski definition) is 1. The zero-order valence-electron chi connectivity index (χ0n) is 17.7. The fourth-order valence-corrected chi connectivity index (χ4v) is 5.04. The number of aryl methyl sites for hydroxylation is 1. The third-order valence-corrected chi connectivity index (χ3v) is 6.65. The van der Waals surface area contributed by atoms with Gasteiger partial charge in [0.1, 0.15) is 16.4 Å². The molecule has 1 aliphatic rings. The molecule has 2 aromatic rings. The van der Waals surface area contributed by atoms with Crippen LogP contribution in [0.15, 0.2) is 30.3 Å². The summed E-state index contributed by atoms with van der Waals surface area (Å²) in [4.78, 5) is 8.48. The lowest BCUT2D eigenvalue weighted by Gasteiger charge is -2.29. The zero-order chi connectivity index (χ0) is 20.2. The monoisotopic (exact) mass is 402 g/mol. The standard InChI is InChI=1S/C23H34N2O2S/c1-18-20(11-16-27-19-9-6-5-7-10-19)28-21(24-18)23(26)12-8-14-25(15-13-23)17-22(2,3)4/h5-7,9-10,26H,8,11-17H2,1-4H3. The van der Waals surface area contributed by atoms with E-state index in [2.05, 4.69) is 25.7 Å². The highest BCUT2D eigenvalue weighted by Crippen LogP contribution is 2.37. The second kappa shape index (κ2) is 8.93. The molecular weight excluding hydrogens is 368 g/mol. The molecule has 0 amide bonds. The van der Waals surface area contributed by atoms with E-state index in [0.29, 0.717) is 6.61 Å². The van der Waals surface area contributed by atoms with Crippen LogP contribution < -0.4 is 4.74 Å². The predicted octanol–water partition coefficient (Wildman–Crippen LogP) is 4.79. The van der Waals surface area contributed by atoms with E-state index in [9.17, 15) is 5.11 Å². The summed E-state index contributed by atoms with van der Waals surface area (Å²) in [6.45, 7) is 12.6. The van der Waals surface area contributed by atoms with E-state index in [1.54, 1.807) is 11.3 Å². The summed E-state index contributed by atoms with van der Waals surface area (Å²) in [5.74, 6) is 0.895. The van der Waals surface area contributed by atoms with Crippen molar-refractivity contribution in [1.82, 2.24) is 9.88 Å². The van der Waals surface area contributed by atoms with Crippen LogP contribution in [0, 0.1) is 12.3 Å². The van der Waals surface area contributed by atoms with Crippen molar-refractivity contribution >= 4 is 11.3 Å². The Balaban J connectivity index is 1.61. The van der Waals surface area contributed by atoms with Gasteiger partial charge in [-0.25, -0.2) is 4.98 Å². The summed E-state index contributed by atoms with van der Waals surface area (Å²) < 4.78 is 5.83. The van der Waals surface area contributed by atoms with E-state index >= 15 is 0 Å². The van der Waals surface area contributed by atoms with Crippen LogP contribution in [0.5, 0.6) is 5.75 Å². The lowest BCUT2D eigenvalue weighted by molar-refractivity contribution is 0.0200. The van der Waals surface area contributed by atoms with Crippen molar-refractivity contribution in [3.63, 3.8) is 0 Å². The van der Waals surface area contributed by atoms with Crippen LogP contribution in [0.2, 0.25) is 0 Å². The van der Waals surface area contributed by atoms with Gasteiger partial charge in [0.05, 0.1) is 12.3 Å². The number of para-hydroxylation sites is 1. The molecule has 0 saturated carbocycles. The fourth-order valence-electron chi connectivity index (χ4n) is 3.86. The Hall–Kier alpha value is -1.43. The lowest BCUT2D eigenvalue weighted by Crippen LogP contribution is -2.34. The predicted molar refractivity (Wildman–Crippen MR) is 116 cm³/mol. The fraction of sp³-hybridized carbons (Fsp3) is 0.609. The number of rotatable bonds is 6. The number of nitrogens with zero attached hydrogens (tertiary/aromatic N) is 2. The molecule has 3 rings (SSSR count). The van der Waals surface area contributed by atoms with Gasteiger partial charge in [0, 0.05) is 24.4 Å². The molecule has 154 valence electrons. The van der Waals surface area contributed by atoms with E-state index in [1.807, 2.05) is 37.3 Å². The van der Waals surface area contributed by atoms with Gasteiger partial charge in [-0.2, -0.15) is 0 Å². The van der Waals surface area contributed by atoms with Gasteiger partial charge in [-0.15, -0.1) is 11.3 Å². The molecule has 1 aliphatic heterocycles. The highest BCUT2D eigenvalue weighted by Gasteiger charge is 2.36. The molecule has 0 bridgehead atoms. The minimum absolute atomic E-state index is 0.284. The lowest BCUT2D eigenvalue weighted by atomic mass is 9.95. The first-order valence-corrected chi connectivity index (χ1v) is 11.2. The molecule has 0 spiro atoms. The van der Waals surface area contributed by atoms with Crippen LogP contribution >= 0.6 is 11.3 Å². The Morgan fingerprint density at radius 1 is 1.18 bits per heavy atom. The highest BCUT2D eigenvalue weighted by atomic mass is 32.1. The van der Waals surface area contributed by atoms with Gasteiger partial charge in [0.2, 0.25) is 0 Å². The first-order valence-electron chi connectivity index (χ1n) is 10.3. The van der Waals surface area contributed by atoms with E-state index < -0.39 is 5.60 Å². The molecule has 1 atom stereocenters. The van der Waals surface area contributed by atoms with Gasteiger partial charge < -0.3 is 14.7 Å². The average Bonchev–Trinajstić information content (AvgIpc) is 2.90.